The van der Waals surface area contributed by atoms with Gasteiger partial charge in [0.1, 0.15) is 5.15 Å². The quantitative estimate of drug-likeness (QED) is 0.424. The van der Waals surface area contributed by atoms with Crippen LogP contribution in [-0.4, -0.2) is 4.98 Å². The van der Waals surface area contributed by atoms with E-state index in [2.05, 4.69) is 4.98 Å². The Labute approximate surface area is 132 Å². The van der Waals surface area contributed by atoms with E-state index in [1.807, 2.05) is 0 Å². The molecule has 0 aliphatic rings. The predicted octanol–water partition coefficient (Wildman–Crippen LogP) is 6.38. The fourth-order valence-corrected chi connectivity index (χ4v) is 2.54. The van der Waals surface area contributed by atoms with Crippen LogP contribution in [0.1, 0.15) is 5.56 Å². The lowest BCUT2D eigenvalue weighted by atomic mass is 10.0. The Balaban J connectivity index is 2.79. The van der Waals surface area contributed by atoms with E-state index in [4.69, 9.17) is 46.4 Å². The van der Waals surface area contributed by atoms with Crippen LogP contribution < -0.4 is 0 Å². The number of rotatable bonds is 1. The summed E-state index contributed by atoms with van der Waals surface area (Å²) in [6.07, 6.45) is -3.63. The summed E-state index contributed by atoms with van der Waals surface area (Å²) in [5, 5.41) is -0.118. The normalized spacial score (nSPS) is 11.8. The van der Waals surface area contributed by atoms with E-state index in [1.165, 1.54) is 12.1 Å². The van der Waals surface area contributed by atoms with E-state index in [1.54, 1.807) is 0 Å². The first kappa shape index (κ1) is 15.7. The Morgan fingerprint density at radius 2 is 1.50 bits per heavy atom. The van der Waals surface area contributed by atoms with Gasteiger partial charge in [-0.1, -0.05) is 46.4 Å². The maximum atomic E-state index is 13.0. The predicted molar refractivity (Wildman–Crippen MR) is 74.7 cm³/mol. The van der Waals surface area contributed by atoms with Crippen molar-refractivity contribution in [3.05, 3.63) is 50.2 Å². The first-order valence-electron chi connectivity index (χ1n) is 5.08. The van der Waals surface area contributed by atoms with Gasteiger partial charge in [0.25, 0.3) is 0 Å². The van der Waals surface area contributed by atoms with Crippen molar-refractivity contribution in [2.24, 2.45) is 0 Å². The van der Waals surface area contributed by atoms with Crippen LogP contribution in [0.5, 0.6) is 0 Å². The molecule has 1 aromatic carbocycles. The molecule has 0 radical (unpaired) electrons. The van der Waals surface area contributed by atoms with Gasteiger partial charge in [-0.05, 0) is 18.2 Å². The summed E-state index contributed by atoms with van der Waals surface area (Å²) in [7, 11) is 0. The Morgan fingerprint density at radius 1 is 0.900 bits per heavy atom. The number of aromatic nitrogens is 1. The molecule has 106 valence electrons. The average Bonchev–Trinajstić information content (AvgIpc) is 2.33. The van der Waals surface area contributed by atoms with E-state index in [9.17, 15) is 13.2 Å². The summed E-state index contributed by atoms with van der Waals surface area (Å²) in [6.45, 7) is 0. The third kappa shape index (κ3) is 2.98. The molecule has 0 unspecified atom stereocenters. The zero-order chi connectivity index (χ0) is 15.1. The summed E-state index contributed by atoms with van der Waals surface area (Å²) in [4.78, 5) is 3.65. The van der Waals surface area contributed by atoms with E-state index in [-0.39, 0.29) is 31.3 Å². The number of halogens is 7. The van der Waals surface area contributed by atoms with E-state index in [0.29, 0.717) is 0 Å². The van der Waals surface area contributed by atoms with E-state index >= 15 is 0 Å². The lowest BCUT2D eigenvalue weighted by Crippen LogP contribution is -2.08. The van der Waals surface area contributed by atoms with Gasteiger partial charge in [0, 0.05) is 17.3 Å². The number of hydrogen-bond donors (Lipinski definition) is 0. The van der Waals surface area contributed by atoms with Crippen molar-refractivity contribution in [2.75, 3.05) is 0 Å². The first-order chi connectivity index (χ1) is 9.21. The first-order valence-corrected chi connectivity index (χ1v) is 6.59. The van der Waals surface area contributed by atoms with Crippen LogP contribution in [-0.2, 0) is 6.18 Å². The van der Waals surface area contributed by atoms with E-state index < -0.39 is 11.7 Å². The van der Waals surface area contributed by atoms with Crippen LogP contribution in [0, 0.1) is 0 Å². The molecule has 0 saturated heterocycles. The molecular formula is C12H4Cl4F3N. The third-order valence-corrected chi connectivity index (χ3v) is 3.81. The molecule has 0 aliphatic heterocycles. The number of benzene rings is 1. The average molecular weight is 361 g/mol. The van der Waals surface area contributed by atoms with Crippen molar-refractivity contribution in [1.82, 2.24) is 4.98 Å². The maximum absolute atomic E-state index is 13.0. The summed E-state index contributed by atoms with van der Waals surface area (Å²) in [6, 6.07) is 3.30. The summed E-state index contributed by atoms with van der Waals surface area (Å²) >= 11 is 23.3. The molecule has 1 nitrogen and oxygen atoms in total. The zero-order valence-corrected chi connectivity index (χ0v) is 12.4. The molecule has 0 saturated carbocycles. The molecule has 1 heterocycles. The van der Waals surface area contributed by atoms with Crippen molar-refractivity contribution >= 4 is 46.4 Å². The van der Waals surface area contributed by atoms with Crippen LogP contribution in [0.15, 0.2) is 24.4 Å². The maximum Gasteiger partial charge on any atom is 0.417 e. The van der Waals surface area contributed by atoms with Gasteiger partial charge in [0.2, 0.25) is 0 Å². The van der Waals surface area contributed by atoms with Gasteiger partial charge in [-0.25, -0.2) is 4.98 Å². The highest BCUT2D eigenvalue weighted by Crippen LogP contribution is 2.44. The molecule has 0 bridgehead atoms. The minimum absolute atomic E-state index is 0.000185. The molecule has 1 aromatic heterocycles. The molecule has 20 heavy (non-hydrogen) atoms. The van der Waals surface area contributed by atoms with Crippen molar-refractivity contribution in [3.8, 4) is 11.1 Å². The standard InChI is InChI=1S/C12H4Cl4F3N/c13-7-4-9(15)8(14)3-5(7)10-6(12(17,18)19)1-2-20-11(10)16/h1-4H. The van der Waals surface area contributed by atoms with Crippen LogP contribution in [0.4, 0.5) is 13.2 Å². The van der Waals surface area contributed by atoms with Crippen molar-refractivity contribution in [1.29, 1.82) is 0 Å². The molecule has 0 N–H and O–H groups in total. The summed E-state index contributed by atoms with van der Waals surface area (Å²) < 4.78 is 39.1. The highest BCUT2D eigenvalue weighted by Gasteiger charge is 2.35. The van der Waals surface area contributed by atoms with Crippen molar-refractivity contribution in [2.45, 2.75) is 6.18 Å². The highest BCUT2D eigenvalue weighted by molar-refractivity contribution is 6.44. The third-order valence-electron chi connectivity index (χ3n) is 2.49. The molecule has 0 atom stereocenters. The van der Waals surface area contributed by atoms with Gasteiger partial charge >= 0.3 is 6.18 Å². The SMILES string of the molecule is FC(F)(F)c1ccnc(Cl)c1-c1cc(Cl)c(Cl)cc1Cl. The van der Waals surface area contributed by atoms with Crippen molar-refractivity contribution < 1.29 is 13.2 Å². The number of hydrogen-bond acceptors (Lipinski definition) is 1. The van der Waals surface area contributed by atoms with Gasteiger partial charge in [0.15, 0.2) is 0 Å². The van der Waals surface area contributed by atoms with Gasteiger partial charge in [-0.15, -0.1) is 0 Å². The highest BCUT2D eigenvalue weighted by atomic mass is 35.5. The lowest BCUT2D eigenvalue weighted by molar-refractivity contribution is -0.137. The van der Waals surface area contributed by atoms with Crippen LogP contribution in [0.3, 0.4) is 0 Å². The number of pyridine rings is 1. The second-order valence-electron chi connectivity index (χ2n) is 3.77. The Morgan fingerprint density at radius 3 is 2.10 bits per heavy atom. The van der Waals surface area contributed by atoms with Crippen LogP contribution >= 0.6 is 46.4 Å². The fraction of sp³-hybridized carbons (Fsp3) is 0.0833. The van der Waals surface area contributed by atoms with Crippen LogP contribution in [0.25, 0.3) is 11.1 Å². The Bertz CT molecular complexity index is 670. The molecule has 0 spiro atoms. The minimum Gasteiger partial charge on any atom is -0.244 e. The minimum atomic E-state index is -4.60. The monoisotopic (exact) mass is 359 g/mol. The second kappa shape index (κ2) is 5.60. The smallest absolute Gasteiger partial charge is 0.244 e. The fourth-order valence-electron chi connectivity index (χ4n) is 1.64. The molecule has 0 amide bonds. The molecular weight excluding hydrogens is 357 g/mol. The van der Waals surface area contributed by atoms with E-state index in [0.717, 1.165) is 12.3 Å². The number of nitrogens with zero attached hydrogens (tertiary/aromatic N) is 1. The number of alkyl halides is 3. The topological polar surface area (TPSA) is 12.9 Å². The zero-order valence-electron chi connectivity index (χ0n) is 9.40. The molecule has 8 heteroatoms. The summed E-state index contributed by atoms with van der Waals surface area (Å²) in [5.74, 6) is 0. The van der Waals surface area contributed by atoms with Crippen LogP contribution in [0.2, 0.25) is 20.2 Å². The molecule has 2 aromatic rings. The molecule has 2 rings (SSSR count). The second-order valence-corrected chi connectivity index (χ2v) is 5.35. The lowest BCUT2D eigenvalue weighted by Gasteiger charge is -2.15. The van der Waals surface area contributed by atoms with Gasteiger partial charge in [-0.2, -0.15) is 13.2 Å². The van der Waals surface area contributed by atoms with Gasteiger partial charge < -0.3 is 0 Å². The largest absolute Gasteiger partial charge is 0.417 e. The van der Waals surface area contributed by atoms with Gasteiger partial charge in [0.05, 0.1) is 20.6 Å². The molecule has 0 fully saturated rings. The van der Waals surface area contributed by atoms with Gasteiger partial charge in [-0.3, -0.25) is 0 Å². The Kier molecular flexibility index (Phi) is 4.40. The molecule has 0 aliphatic carbocycles. The Hall–Kier alpha value is -0.680. The van der Waals surface area contributed by atoms with Crippen molar-refractivity contribution in [3.63, 3.8) is 0 Å². The summed E-state index contributed by atoms with van der Waals surface area (Å²) in [5.41, 5.74) is -1.26.